The van der Waals surface area contributed by atoms with Gasteiger partial charge in [-0.15, -0.1) is 0 Å². The molecule has 6 nitrogen and oxygen atoms in total. The maximum absolute atomic E-state index is 12.3. The summed E-state index contributed by atoms with van der Waals surface area (Å²) >= 11 is 6.02. The first kappa shape index (κ1) is 19.1. The third-order valence-corrected chi connectivity index (χ3v) is 4.45. The van der Waals surface area contributed by atoms with Crippen molar-refractivity contribution in [1.82, 2.24) is 14.9 Å². The highest BCUT2D eigenvalue weighted by molar-refractivity contribution is 6.31. The van der Waals surface area contributed by atoms with Gasteiger partial charge in [0.2, 0.25) is 0 Å². The van der Waals surface area contributed by atoms with Gasteiger partial charge >= 0.3 is 5.97 Å². The minimum Gasteiger partial charge on any atom is -0.478 e. The van der Waals surface area contributed by atoms with Gasteiger partial charge in [-0.1, -0.05) is 30.7 Å². The molecule has 7 heteroatoms. The number of halogens is 1. The van der Waals surface area contributed by atoms with E-state index in [1.54, 1.807) is 36.4 Å². The van der Waals surface area contributed by atoms with Gasteiger partial charge in [0.1, 0.15) is 5.82 Å². The number of hydrogen-bond acceptors (Lipinski definition) is 4. The molecular weight excluding hydrogens is 366 g/mol. The molecule has 0 radical (unpaired) electrons. The summed E-state index contributed by atoms with van der Waals surface area (Å²) in [6.07, 6.45) is 0.919. The van der Waals surface area contributed by atoms with Crippen LogP contribution in [0, 0.1) is 0 Å². The van der Waals surface area contributed by atoms with Gasteiger partial charge in [0.25, 0.3) is 5.56 Å². The zero-order chi connectivity index (χ0) is 19.4. The predicted octanol–water partition coefficient (Wildman–Crippen LogP) is 3.69. The number of carbonyl (C=O) groups is 1. The fourth-order valence-electron chi connectivity index (χ4n) is 3.04. The van der Waals surface area contributed by atoms with Gasteiger partial charge in [0.15, 0.2) is 0 Å². The third-order valence-electron chi connectivity index (χ3n) is 4.21. The molecule has 1 aromatic heterocycles. The summed E-state index contributed by atoms with van der Waals surface area (Å²) in [7, 11) is 0. The van der Waals surface area contributed by atoms with Crippen LogP contribution in [0.5, 0.6) is 0 Å². The van der Waals surface area contributed by atoms with Crippen molar-refractivity contribution < 1.29 is 9.90 Å². The Kier molecular flexibility index (Phi) is 5.88. The van der Waals surface area contributed by atoms with E-state index in [1.165, 1.54) is 0 Å². The number of rotatable bonds is 7. The Bertz CT molecular complexity index is 1030. The molecule has 0 saturated carbocycles. The Morgan fingerprint density at radius 1 is 1.22 bits per heavy atom. The van der Waals surface area contributed by atoms with Gasteiger partial charge in [-0.2, -0.15) is 0 Å². The standard InChI is InChI=1S/C20H20ClN3O3/c1-2-8-24(11-13-4-3-5-14(9-13)20(26)27)12-18-22-17-10-15(21)6-7-16(17)19(25)23-18/h3-7,9-10H,2,8,11-12H2,1H3,(H,26,27)(H,22,23,25). The molecular formula is C20H20ClN3O3. The molecule has 3 aromatic rings. The number of hydrogen-bond donors (Lipinski definition) is 2. The lowest BCUT2D eigenvalue weighted by Gasteiger charge is -2.21. The van der Waals surface area contributed by atoms with Crippen LogP contribution >= 0.6 is 11.6 Å². The summed E-state index contributed by atoms with van der Waals surface area (Å²) in [6.45, 7) is 3.86. The van der Waals surface area contributed by atoms with E-state index in [2.05, 4.69) is 21.8 Å². The van der Waals surface area contributed by atoms with Crippen LogP contribution in [0.1, 0.15) is 35.1 Å². The second kappa shape index (κ2) is 8.33. The number of nitrogens with zero attached hydrogens (tertiary/aromatic N) is 2. The number of nitrogens with one attached hydrogen (secondary N) is 1. The van der Waals surface area contributed by atoms with Gasteiger partial charge in [0, 0.05) is 11.6 Å². The Balaban J connectivity index is 1.86. The van der Waals surface area contributed by atoms with Gasteiger partial charge in [-0.05, 0) is 48.9 Å². The Morgan fingerprint density at radius 3 is 2.78 bits per heavy atom. The third kappa shape index (κ3) is 4.72. The van der Waals surface area contributed by atoms with Crippen LogP contribution in [0.2, 0.25) is 5.02 Å². The average Bonchev–Trinajstić information content (AvgIpc) is 2.61. The van der Waals surface area contributed by atoms with Crippen LogP contribution in [-0.4, -0.2) is 32.5 Å². The van der Waals surface area contributed by atoms with E-state index < -0.39 is 5.97 Å². The SMILES string of the molecule is CCCN(Cc1cccc(C(=O)O)c1)Cc1nc2cc(Cl)ccc2c(=O)[nH]1. The van der Waals surface area contributed by atoms with E-state index >= 15 is 0 Å². The molecule has 3 rings (SSSR count). The van der Waals surface area contributed by atoms with Crippen LogP contribution in [0.15, 0.2) is 47.3 Å². The van der Waals surface area contributed by atoms with Crippen LogP contribution < -0.4 is 5.56 Å². The van der Waals surface area contributed by atoms with Gasteiger partial charge in [-0.25, -0.2) is 9.78 Å². The van der Waals surface area contributed by atoms with E-state index in [1.807, 2.05) is 6.07 Å². The first-order valence-electron chi connectivity index (χ1n) is 8.69. The number of carboxylic acid groups (broad SMARTS) is 1. The molecule has 0 saturated heterocycles. The summed E-state index contributed by atoms with van der Waals surface area (Å²) in [5.74, 6) is -0.395. The van der Waals surface area contributed by atoms with E-state index in [4.69, 9.17) is 16.7 Å². The molecule has 0 bridgehead atoms. The molecule has 0 spiro atoms. The maximum Gasteiger partial charge on any atom is 0.335 e. The lowest BCUT2D eigenvalue weighted by atomic mass is 10.1. The quantitative estimate of drug-likeness (QED) is 0.647. The zero-order valence-corrected chi connectivity index (χ0v) is 15.7. The van der Waals surface area contributed by atoms with E-state index in [-0.39, 0.29) is 11.1 Å². The number of aromatic carboxylic acids is 1. The van der Waals surface area contributed by atoms with Crippen molar-refractivity contribution in [2.75, 3.05) is 6.54 Å². The van der Waals surface area contributed by atoms with Gasteiger partial charge in [-0.3, -0.25) is 9.69 Å². The first-order valence-corrected chi connectivity index (χ1v) is 9.07. The van der Waals surface area contributed by atoms with Crippen LogP contribution in [0.25, 0.3) is 10.9 Å². The van der Waals surface area contributed by atoms with Crippen molar-refractivity contribution in [2.45, 2.75) is 26.4 Å². The first-order chi connectivity index (χ1) is 13.0. The van der Waals surface area contributed by atoms with Crippen LogP contribution in [-0.2, 0) is 13.1 Å². The molecule has 2 N–H and O–H groups in total. The number of H-pyrrole nitrogens is 1. The fourth-order valence-corrected chi connectivity index (χ4v) is 3.21. The van der Waals surface area contributed by atoms with Crippen molar-refractivity contribution in [3.8, 4) is 0 Å². The Morgan fingerprint density at radius 2 is 2.04 bits per heavy atom. The zero-order valence-electron chi connectivity index (χ0n) is 14.9. The molecule has 0 fully saturated rings. The van der Waals surface area contributed by atoms with E-state index in [9.17, 15) is 9.59 Å². The van der Waals surface area contributed by atoms with Gasteiger partial charge in [0.05, 0.1) is 23.0 Å². The number of fused-ring (bicyclic) bond motifs is 1. The molecule has 0 atom stereocenters. The topological polar surface area (TPSA) is 86.3 Å². The number of aromatic amines is 1. The van der Waals surface area contributed by atoms with Crippen LogP contribution in [0.3, 0.4) is 0 Å². The van der Waals surface area contributed by atoms with Crippen molar-refractivity contribution >= 4 is 28.5 Å². The van der Waals surface area contributed by atoms with E-state index in [0.717, 1.165) is 18.5 Å². The van der Waals surface area contributed by atoms with Crippen LogP contribution in [0.4, 0.5) is 0 Å². The summed E-state index contributed by atoms with van der Waals surface area (Å²) in [5.41, 5.74) is 1.52. The molecule has 0 aliphatic rings. The van der Waals surface area contributed by atoms with E-state index in [0.29, 0.717) is 34.8 Å². The summed E-state index contributed by atoms with van der Waals surface area (Å²) in [6, 6.07) is 11.9. The highest BCUT2D eigenvalue weighted by Crippen LogP contribution is 2.16. The Hall–Kier alpha value is -2.70. The molecule has 0 aliphatic carbocycles. The number of aromatic nitrogens is 2. The second-order valence-corrected chi connectivity index (χ2v) is 6.83. The predicted molar refractivity (Wildman–Crippen MR) is 105 cm³/mol. The number of carboxylic acids is 1. The lowest BCUT2D eigenvalue weighted by Crippen LogP contribution is -2.26. The maximum atomic E-state index is 12.3. The van der Waals surface area contributed by atoms with Gasteiger partial charge < -0.3 is 10.1 Å². The summed E-state index contributed by atoms with van der Waals surface area (Å²) in [5, 5.41) is 10.2. The molecule has 27 heavy (non-hydrogen) atoms. The molecule has 0 unspecified atom stereocenters. The molecule has 1 heterocycles. The smallest absolute Gasteiger partial charge is 0.335 e. The molecule has 0 amide bonds. The molecule has 0 aliphatic heterocycles. The normalized spacial score (nSPS) is 11.2. The number of benzene rings is 2. The molecule has 140 valence electrons. The average molecular weight is 386 g/mol. The highest BCUT2D eigenvalue weighted by Gasteiger charge is 2.12. The highest BCUT2D eigenvalue weighted by atomic mass is 35.5. The largest absolute Gasteiger partial charge is 0.478 e. The Labute approximate surface area is 161 Å². The second-order valence-electron chi connectivity index (χ2n) is 6.39. The van der Waals surface area contributed by atoms with Crippen molar-refractivity contribution in [3.63, 3.8) is 0 Å². The van der Waals surface area contributed by atoms with Crippen molar-refractivity contribution in [1.29, 1.82) is 0 Å². The molecule has 2 aromatic carbocycles. The minimum absolute atomic E-state index is 0.198. The monoisotopic (exact) mass is 385 g/mol. The van der Waals surface area contributed by atoms with Crippen molar-refractivity contribution in [2.24, 2.45) is 0 Å². The summed E-state index contributed by atoms with van der Waals surface area (Å²) < 4.78 is 0. The van der Waals surface area contributed by atoms with Crippen molar-refractivity contribution in [3.05, 3.63) is 74.8 Å². The fraction of sp³-hybridized carbons (Fsp3) is 0.250. The lowest BCUT2D eigenvalue weighted by molar-refractivity contribution is 0.0696. The minimum atomic E-state index is -0.948. The summed E-state index contributed by atoms with van der Waals surface area (Å²) in [4.78, 5) is 33.0.